The molecule has 1 fully saturated rings. The Balaban J connectivity index is 0.00000112. The largest absolute Gasteiger partial charge is 0.309 e. The summed E-state index contributed by atoms with van der Waals surface area (Å²) in [6.45, 7) is 1.09. The third kappa shape index (κ3) is 3.52. The molecule has 1 aromatic heterocycles. The highest BCUT2D eigenvalue weighted by atomic mass is 35.5. The topological polar surface area (TPSA) is 29.9 Å². The van der Waals surface area contributed by atoms with Crippen LogP contribution in [-0.2, 0) is 7.05 Å². The van der Waals surface area contributed by atoms with Gasteiger partial charge in [0.25, 0.3) is 0 Å². The molecule has 0 aromatic carbocycles. The summed E-state index contributed by atoms with van der Waals surface area (Å²) in [7, 11) is 1.95. The van der Waals surface area contributed by atoms with Gasteiger partial charge in [-0.1, -0.05) is 24.4 Å². The fourth-order valence-corrected chi connectivity index (χ4v) is 2.37. The second-order valence-corrected chi connectivity index (χ2v) is 4.26. The quantitative estimate of drug-likeness (QED) is 0.859. The standard InChI is InChI=1S/C10H16ClN3.2ClH/c1-14-10(8(11)7-13-14)9-5-3-2-4-6-12-9;;/h7,9,12H,2-6H2,1H3;2*1H. The summed E-state index contributed by atoms with van der Waals surface area (Å²) >= 11 is 6.11. The fraction of sp³-hybridized carbons (Fsp3) is 0.700. The van der Waals surface area contributed by atoms with Crippen molar-refractivity contribution in [3.8, 4) is 0 Å². The highest BCUT2D eigenvalue weighted by molar-refractivity contribution is 6.31. The van der Waals surface area contributed by atoms with Gasteiger partial charge in [0.05, 0.1) is 23.0 Å². The average molecular weight is 287 g/mol. The Morgan fingerprint density at radius 3 is 2.75 bits per heavy atom. The number of hydrogen-bond donors (Lipinski definition) is 1. The zero-order chi connectivity index (χ0) is 9.97. The average Bonchev–Trinajstić information content (AvgIpc) is 2.45. The summed E-state index contributed by atoms with van der Waals surface area (Å²) in [5.74, 6) is 0. The maximum Gasteiger partial charge on any atom is 0.0833 e. The molecule has 0 radical (unpaired) electrons. The summed E-state index contributed by atoms with van der Waals surface area (Å²) in [4.78, 5) is 0. The van der Waals surface area contributed by atoms with Crippen LogP contribution in [0.25, 0.3) is 0 Å². The Morgan fingerprint density at radius 1 is 1.38 bits per heavy atom. The predicted octanol–water partition coefficient (Wildman–Crippen LogP) is 3.12. The van der Waals surface area contributed by atoms with Gasteiger partial charge in [-0.2, -0.15) is 5.10 Å². The van der Waals surface area contributed by atoms with Crippen LogP contribution >= 0.6 is 36.4 Å². The van der Waals surface area contributed by atoms with E-state index in [1.165, 1.54) is 25.7 Å². The zero-order valence-electron chi connectivity index (χ0n) is 9.28. The second-order valence-electron chi connectivity index (χ2n) is 3.86. The van der Waals surface area contributed by atoms with Crippen LogP contribution < -0.4 is 5.32 Å². The van der Waals surface area contributed by atoms with Crippen molar-refractivity contribution >= 4 is 36.4 Å². The van der Waals surface area contributed by atoms with E-state index in [1.54, 1.807) is 6.20 Å². The Morgan fingerprint density at radius 2 is 2.12 bits per heavy atom. The van der Waals surface area contributed by atoms with Crippen molar-refractivity contribution in [3.63, 3.8) is 0 Å². The molecule has 6 heteroatoms. The van der Waals surface area contributed by atoms with Crippen molar-refractivity contribution in [2.75, 3.05) is 6.54 Å². The third-order valence-electron chi connectivity index (χ3n) is 2.83. The highest BCUT2D eigenvalue weighted by Gasteiger charge is 2.19. The lowest BCUT2D eigenvalue weighted by Gasteiger charge is -2.16. The molecule has 0 bridgehead atoms. The van der Waals surface area contributed by atoms with Gasteiger partial charge in [0.1, 0.15) is 0 Å². The predicted molar refractivity (Wildman–Crippen MR) is 71.9 cm³/mol. The molecule has 1 unspecified atom stereocenters. The minimum Gasteiger partial charge on any atom is -0.309 e. The van der Waals surface area contributed by atoms with E-state index in [4.69, 9.17) is 11.6 Å². The van der Waals surface area contributed by atoms with Crippen molar-refractivity contribution in [2.45, 2.75) is 31.7 Å². The van der Waals surface area contributed by atoms with E-state index in [-0.39, 0.29) is 24.8 Å². The van der Waals surface area contributed by atoms with Crippen LogP contribution in [-0.4, -0.2) is 16.3 Å². The van der Waals surface area contributed by atoms with Crippen molar-refractivity contribution in [1.29, 1.82) is 0 Å². The van der Waals surface area contributed by atoms with E-state index >= 15 is 0 Å². The first kappa shape index (κ1) is 16.0. The van der Waals surface area contributed by atoms with Crippen LogP contribution in [0.5, 0.6) is 0 Å². The van der Waals surface area contributed by atoms with E-state index in [0.717, 1.165) is 17.3 Å². The van der Waals surface area contributed by atoms with Crippen LogP contribution in [0.3, 0.4) is 0 Å². The smallest absolute Gasteiger partial charge is 0.0833 e. The molecule has 1 aliphatic rings. The molecule has 0 amide bonds. The molecular formula is C10H18Cl3N3. The lowest BCUT2D eigenvalue weighted by atomic mass is 10.1. The Bertz CT molecular complexity index is 287. The zero-order valence-corrected chi connectivity index (χ0v) is 11.7. The number of hydrogen-bond acceptors (Lipinski definition) is 2. The van der Waals surface area contributed by atoms with E-state index in [1.807, 2.05) is 11.7 Å². The van der Waals surface area contributed by atoms with Crippen molar-refractivity contribution in [3.05, 3.63) is 16.9 Å². The van der Waals surface area contributed by atoms with Gasteiger partial charge >= 0.3 is 0 Å². The number of aryl methyl sites for hydroxylation is 1. The Kier molecular flexibility index (Phi) is 7.40. The summed E-state index contributed by atoms with van der Waals surface area (Å²) in [6, 6.07) is 0.387. The lowest BCUT2D eigenvalue weighted by molar-refractivity contribution is 0.495. The first-order valence-electron chi connectivity index (χ1n) is 5.20. The minimum atomic E-state index is 0. The number of nitrogens with one attached hydrogen (secondary N) is 1. The molecule has 94 valence electrons. The molecule has 0 aliphatic carbocycles. The molecule has 1 aliphatic heterocycles. The molecule has 2 rings (SSSR count). The number of nitrogens with zero attached hydrogens (tertiary/aromatic N) is 2. The van der Waals surface area contributed by atoms with Crippen LogP contribution in [0.15, 0.2) is 6.20 Å². The maximum atomic E-state index is 6.11. The van der Waals surface area contributed by atoms with Crippen molar-refractivity contribution in [1.82, 2.24) is 15.1 Å². The monoisotopic (exact) mass is 285 g/mol. The van der Waals surface area contributed by atoms with Crippen molar-refractivity contribution < 1.29 is 0 Å². The van der Waals surface area contributed by atoms with Crippen LogP contribution in [0.4, 0.5) is 0 Å². The molecule has 0 spiro atoms. The Labute approximate surface area is 114 Å². The van der Waals surface area contributed by atoms with Gasteiger partial charge in [0.2, 0.25) is 0 Å². The molecule has 3 nitrogen and oxygen atoms in total. The molecule has 1 saturated heterocycles. The van der Waals surface area contributed by atoms with Gasteiger partial charge in [-0.25, -0.2) is 0 Å². The summed E-state index contributed by atoms with van der Waals surface area (Å²) in [5, 5.41) is 8.47. The third-order valence-corrected chi connectivity index (χ3v) is 3.12. The summed E-state index contributed by atoms with van der Waals surface area (Å²) < 4.78 is 1.88. The van der Waals surface area contributed by atoms with Gasteiger partial charge in [0, 0.05) is 7.05 Å². The van der Waals surface area contributed by atoms with Crippen LogP contribution in [0.1, 0.15) is 37.4 Å². The minimum absolute atomic E-state index is 0. The normalized spacial score (nSPS) is 20.5. The van der Waals surface area contributed by atoms with Crippen molar-refractivity contribution in [2.24, 2.45) is 7.05 Å². The highest BCUT2D eigenvalue weighted by Crippen LogP contribution is 2.27. The second kappa shape index (κ2) is 7.38. The molecule has 2 heterocycles. The van der Waals surface area contributed by atoms with Gasteiger partial charge in [0.15, 0.2) is 0 Å². The van der Waals surface area contributed by atoms with E-state index < -0.39 is 0 Å². The van der Waals surface area contributed by atoms with Gasteiger partial charge in [-0.15, -0.1) is 24.8 Å². The fourth-order valence-electron chi connectivity index (χ4n) is 2.07. The van der Waals surface area contributed by atoms with E-state index in [0.29, 0.717) is 6.04 Å². The molecule has 1 N–H and O–H groups in total. The SMILES string of the molecule is Cl.Cl.Cn1ncc(Cl)c1C1CCCCCN1. The Hall–Kier alpha value is 0.0400. The van der Waals surface area contributed by atoms with Crippen LogP contribution in [0.2, 0.25) is 5.02 Å². The first-order chi connectivity index (χ1) is 6.79. The van der Waals surface area contributed by atoms with Gasteiger partial charge < -0.3 is 5.32 Å². The van der Waals surface area contributed by atoms with Gasteiger partial charge in [-0.05, 0) is 19.4 Å². The lowest BCUT2D eigenvalue weighted by Crippen LogP contribution is -2.22. The number of aromatic nitrogens is 2. The number of halogens is 3. The molecular weight excluding hydrogens is 268 g/mol. The molecule has 0 saturated carbocycles. The van der Waals surface area contributed by atoms with Crippen LogP contribution in [0, 0.1) is 0 Å². The number of rotatable bonds is 1. The molecule has 16 heavy (non-hydrogen) atoms. The molecule has 1 aromatic rings. The summed E-state index contributed by atoms with van der Waals surface area (Å²) in [6.07, 6.45) is 6.76. The first-order valence-corrected chi connectivity index (χ1v) is 5.57. The van der Waals surface area contributed by atoms with Gasteiger partial charge in [-0.3, -0.25) is 4.68 Å². The van der Waals surface area contributed by atoms with E-state index in [9.17, 15) is 0 Å². The van der Waals surface area contributed by atoms with E-state index in [2.05, 4.69) is 10.4 Å². The summed E-state index contributed by atoms with van der Waals surface area (Å²) in [5.41, 5.74) is 1.13. The molecule has 1 atom stereocenters. The maximum absolute atomic E-state index is 6.11.